The van der Waals surface area contributed by atoms with Crippen LogP contribution in [0.1, 0.15) is 19.4 Å². The second kappa shape index (κ2) is 4.75. The van der Waals surface area contributed by atoms with Crippen molar-refractivity contribution in [2.75, 3.05) is 0 Å². The predicted molar refractivity (Wildman–Crippen MR) is 61.1 cm³/mol. The Morgan fingerprint density at radius 3 is 2.71 bits per heavy atom. The molecule has 0 aliphatic rings. The van der Waals surface area contributed by atoms with Crippen LogP contribution in [0.15, 0.2) is 21.5 Å². The van der Waals surface area contributed by atoms with Gasteiger partial charge in [0.05, 0.1) is 0 Å². The molecule has 0 aliphatic heterocycles. The minimum absolute atomic E-state index is 0.0180. The van der Waals surface area contributed by atoms with Gasteiger partial charge in [-0.3, -0.25) is 4.79 Å². The topological polar surface area (TPSA) is 48.0 Å². The normalized spacial score (nSPS) is 10.9. The van der Waals surface area contributed by atoms with Gasteiger partial charge in [-0.05, 0) is 27.9 Å². The fraction of sp³-hybridized carbons (Fsp3) is 0.500. The van der Waals surface area contributed by atoms with E-state index in [1.165, 1.54) is 0 Å². The van der Waals surface area contributed by atoms with Gasteiger partial charge in [-0.15, -0.1) is 0 Å². The third-order valence-corrected chi connectivity index (χ3v) is 2.34. The van der Waals surface area contributed by atoms with Crippen molar-refractivity contribution in [1.29, 1.82) is 0 Å². The lowest BCUT2D eigenvalue weighted by Crippen LogP contribution is -2.26. The number of nitrogens with two attached hydrogens (primary N) is 1. The van der Waals surface area contributed by atoms with Gasteiger partial charge in [0.2, 0.25) is 0 Å². The van der Waals surface area contributed by atoms with E-state index >= 15 is 0 Å². The molecule has 0 saturated carbocycles. The van der Waals surface area contributed by atoms with Crippen LogP contribution in [0.3, 0.4) is 0 Å². The monoisotopic (exact) mass is 258 g/mol. The molecule has 0 bridgehead atoms. The number of nitrogens with zero attached hydrogens (tertiary/aromatic N) is 1. The van der Waals surface area contributed by atoms with Crippen LogP contribution in [0.25, 0.3) is 0 Å². The summed E-state index contributed by atoms with van der Waals surface area (Å²) in [6.45, 7) is 5.17. The number of pyridine rings is 1. The molecule has 2 N–H and O–H groups in total. The molecule has 0 radical (unpaired) electrons. The molecule has 3 nitrogen and oxygen atoms in total. The lowest BCUT2D eigenvalue weighted by Gasteiger charge is -2.10. The molecule has 78 valence electrons. The first-order valence-electron chi connectivity index (χ1n) is 4.63. The lowest BCUT2D eigenvalue weighted by atomic mass is 10.2. The minimum atomic E-state index is 0.0180. The summed E-state index contributed by atoms with van der Waals surface area (Å²) in [4.78, 5) is 11.7. The van der Waals surface area contributed by atoms with E-state index in [0.29, 0.717) is 11.5 Å². The highest BCUT2D eigenvalue weighted by Gasteiger charge is 2.05. The first-order chi connectivity index (χ1) is 6.54. The minimum Gasteiger partial charge on any atom is -0.326 e. The van der Waals surface area contributed by atoms with E-state index in [1.807, 2.05) is 6.20 Å². The van der Waals surface area contributed by atoms with E-state index in [9.17, 15) is 4.79 Å². The molecule has 0 unspecified atom stereocenters. The fourth-order valence-corrected chi connectivity index (χ4v) is 1.86. The first kappa shape index (κ1) is 11.5. The molecule has 0 atom stereocenters. The van der Waals surface area contributed by atoms with E-state index in [0.717, 1.165) is 11.0 Å². The van der Waals surface area contributed by atoms with Gasteiger partial charge < -0.3 is 10.3 Å². The Morgan fingerprint density at radius 2 is 2.21 bits per heavy atom. The molecular formula is C10H15BrN2O. The molecule has 1 aromatic rings. The maximum atomic E-state index is 11.7. The molecule has 0 amide bonds. The third kappa shape index (κ3) is 2.69. The Hall–Kier alpha value is -0.610. The van der Waals surface area contributed by atoms with Gasteiger partial charge in [0.15, 0.2) is 0 Å². The van der Waals surface area contributed by atoms with Crippen molar-refractivity contribution < 1.29 is 0 Å². The standard InChI is InChI=1S/C10H15BrN2O/c1-7(2)5-13-6-9(11)3-8(4-12)10(13)14/h3,6-7H,4-5,12H2,1-2H3. The fourth-order valence-electron chi connectivity index (χ4n) is 1.33. The summed E-state index contributed by atoms with van der Waals surface area (Å²) in [5.74, 6) is 0.452. The zero-order valence-corrected chi connectivity index (χ0v) is 10.0. The zero-order valence-electron chi connectivity index (χ0n) is 8.46. The van der Waals surface area contributed by atoms with Gasteiger partial charge in [0.25, 0.3) is 5.56 Å². The van der Waals surface area contributed by atoms with Crippen LogP contribution in [0.5, 0.6) is 0 Å². The molecule has 0 aliphatic carbocycles. The summed E-state index contributed by atoms with van der Waals surface area (Å²) in [5.41, 5.74) is 6.16. The highest BCUT2D eigenvalue weighted by atomic mass is 79.9. The SMILES string of the molecule is CC(C)Cn1cc(Br)cc(CN)c1=O. The average molecular weight is 259 g/mol. The maximum Gasteiger partial charge on any atom is 0.255 e. The van der Waals surface area contributed by atoms with Gasteiger partial charge in [-0.2, -0.15) is 0 Å². The molecule has 0 saturated heterocycles. The molecule has 4 heteroatoms. The van der Waals surface area contributed by atoms with Crippen LogP contribution in [-0.2, 0) is 13.1 Å². The molecule has 14 heavy (non-hydrogen) atoms. The summed E-state index contributed by atoms with van der Waals surface area (Å²) < 4.78 is 2.61. The van der Waals surface area contributed by atoms with Crippen LogP contribution in [-0.4, -0.2) is 4.57 Å². The van der Waals surface area contributed by atoms with Crippen molar-refractivity contribution in [3.8, 4) is 0 Å². The van der Waals surface area contributed by atoms with Crippen molar-refractivity contribution >= 4 is 15.9 Å². The Labute approximate surface area is 92.1 Å². The molecule has 1 rings (SSSR count). The van der Waals surface area contributed by atoms with E-state index in [1.54, 1.807) is 10.6 Å². The Kier molecular flexibility index (Phi) is 3.89. The number of aromatic nitrogens is 1. The summed E-state index contributed by atoms with van der Waals surface area (Å²) >= 11 is 3.36. The Bertz CT molecular complexity index is 371. The number of hydrogen-bond acceptors (Lipinski definition) is 2. The van der Waals surface area contributed by atoms with Crippen LogP contribution in [0, 0.1) is 5.92 Å². The van der Waals surface area contributed by atoms with Crippen molar-refractivity contribution in [3.05, 3.63) is 32.7 Å². The summed E-state index contributed by atoms with van der Waals surface area (Å²) in [6, 6.07) is 1.78. The van der Waals surface area contributed by atoms with Gasteiger partial charge >= 0.3 is 0 Å². The smallest absolute Gasteiger partial charge is 0.255 e. The van der Waals surface area contributed by atoms with E-state index in [4.69, 9.17) is 5.73 Å². The van der Waals surface area contributed by atoms with Crippen molar-refractivity contribution in [2.24, 2.45) is 11.7 Å². The maximum absolute atomic E-state index is 11.7. The largest absolute Gasteiger partial charge is 0.326 e. The van der Waals surface area contributed by atoms with Crippen molar-refractivity contribution in [3.63, 3.8) is 0 Å². The van der Waals surface area contributed by atoms with Gasteiger partial charge in [0.1, 0.15) is 0 Å². The Morgan fingerprint density at radius 1 is 1.57 bits per heavy atom. The van der Waals surface area contributed by atoms with E-state index < -0.39 is 0 Å². The third-order valence-electron chi connectivity index (χ3n) is 1.91. The van der Waals surface area contributed by atoms with Crippen LogP contribution < -0.4 is 11.3 Å². The summed E-state index contributed by atoms with van der Waals surface area (Å²) in [5, 5.41) is 0. The second-order valence-corrected chi connectivity index (χ2v) is 4.65. The Balaban J connectivity index is 3.16. The summed E-state index contributed by atoms with van der Waals surface area (Å²) in [6.07, 6.45) is 1.81. The van der Waals surface area contributed by atoms with E-state index in [2.05, 4.69) is 29.8 Å². The van der Waals surface area contributed by atoms with Crippen LogP contribution >= 0.6 is 15.9 Å². The van der Waals surface area contributed by atoms with Crippen molar-refractivity contribution in [1.82, 2.24) is 4.57 Å². The molecule has 0 spiro atoms. The predicted octanol–water partition coefficient (Wildman–Crippen LogP) is 1.73. The molecular weight excluding hydrogens is 244 g/mol. The zero-order chi connectivity index (χ0) is 10.7. The highest BCUT2D eigenvalue weighted by molar-refractivity contribution is 9.10. The van der Waals surface area contributed by atoms with Crippen molar-refractivity contribution in [2.45, 2.75) is 26.9 Å². The first-order valence-corrected chi connectivity index (χ1v) is 5.42. The average Bonchev–Trinajstić information content (AvgIpc) is 2.09. The van der Waals surface area contributed by atoms with Gasteiger partial charge in [-0.1, -0.05) is 13.8 Å². The second-order valence-electron chi connectivity index (χ2n) is 3.74. The van der Waals surface area contributed by atoms with Gasteiger partial charge in [-0.25, -0.2) is 0 Å². The van der Waals surface area contributed by atoms with Gasteiger partial charge in [0, 0.05) is 29.3 Å². The molecule has 0 aromatic carbocycles. The molecule has 0 fully saturated rings. The molecule has 1 heterocycles. The number of halogens is 1. The highest BCUT2D eigenvalue weighted by Crippen LogP contribution is 2.09. The van der Waals surface area contributed by atoms with Crippen LogP contribution in [0.4, 0.5) is 0 Å². The quantitative estimate of drug-likeness (QED) is 0.898. The lowest BCUT2D eigenvalue weighted by molar-refractivity contribution is 0.507. The summed E-state index contributed by atoms with van der Waals surface area (Å²) in [7, 11) is 0. The number of hydrogen-bond donors (Lipinski definition) is 1. The number of rotatable bonds is 3. The van der Waals surface area contributed by atoms with Crippen LogP contribution in [0.2, 0.25) is 0 Å². The molecule has 1 aromatic heterocycles. The van der Waals surface area contributed by atoms with E-state index in [-0.39, 0.29) is 12.1 Å².